The van der Waals surface area contributed by atoms with Crippen LogP contribution in [0.4, 0.5) is 0 Å². The lowest BCUT2D eigenvalue weighted by molar-refractivity contribution is -0.130. The van der Waals surface area contributed by atoms with Gasteiger partial charge in [-0.05, 0) is 31.0 Å². The summed E-state index contributed by atoms with van der Waals surface area (Å²) in [6.45, 7) is -0.0575. The number of benzene rings is 1. The van der Waals surface area contributed by atoms with Crippen LogP contribution < -0.4 is 10.0 Å². The number of sulfonamides is 1. The SMILES string of the molecule is O=C(C[C@H]1CC[C@H](NS(=O)(=O)c2ccccc2)[C@@H](CO)O1)NCc1ccncn1. The number of ether oxygens (including phenoxy) is 1. The van der Waals surface area contributed by atoms with Gasteiger partial charge in [0.2, 0.25) is 15.9 Å². The zero-order chi connectivity index (χ0) is 20.7. The Kier molecular flexibility index (Phi) is 7.26. The summed E-state index contributed by atoms with van der Waals surface area (Å²) >= 11 is 0. The highest BCUT2D eigenvalue weighted by Gasteiger charge is 2.34. The van der Waals surface area contributed by atoms with E-state index in [0.717, 1.165) is 0 Å². The molecule has 29 heavy (non-hydrogen) atoms. The van der Waals surface area contributed by atoms with E-state index in [-0.39, 0.29) is 30.4 Å². The maximum Gasteiger partial charge on any atom is 0.240 e. The van der Waals surface area contributed by atoms with E-state index in [2.05, 4.69) is 20.0 Å². The fraction of sp³-hybridized carbons (Fsp3) is 0.421. The van der Waals surface area contributed by atoms with Crippen molar-refractivity contribution in [2.24, 2.45) is 0 Å². The Labute approximate surface area is 169 Å². The fourth-order valence-corrected chi connectivity index (χ4v) is 4.49. The van der Waals surface area contributed by atoms with E-state index in [4.69, 9.17) is 4.74 Å². The lowest BCUT2D eigenvalue weighted by atomic mass is 9.98. The molecule has 3 rings (SSSR count). The number of amides is 1. The molecule has 0 saturated carbocycles. The predicted octanol–water partition coefficient (Wildman–Crippen LogP) is 0.370. The molecule has 156 valence electrons. The molecule has 1 amide bonds. The highest BCUT2D eigenvalue weighted by molar-refractivity contribution is 7.89. The molecule has 10 heteroatoms. The number of hydrogen-bond donors (Lipinski definition) is 3. The van der Waals surface area contributed by atoms with E-state index in [0.29, 0.717) is 18.5 Å². The van der Waals surface area contributed by atoms with Crippen molar-refractivity contribution < 1.29 is 23.1 Å². The summed E-state index contributed by atoms with van der Waals surface area (Å²) in [6, 6.07) is 9.18. The van der Waals surface area contributed by atoms with Crippen LogP contribution >= 0.6 is 0 Å². The summed E-state index contributed by atoms with van der Waals surface area (Å²) in [6.07, 6.45) is 2.98. The average Bonchev–Trinajstić information content (AvgIpc) is 2.74. The Morgan fingerprint density at radius 2 is 2.00 bits per heavy atom. The Morgan fingerprint density at radius 3 is 2.69 bits per heavy atom. The fourth-order valence-electron chi connectivity index (χ4n) is 3.17. The zero-order valence-electron chi connectivity index (χ0n) is 15.8. The largest absolute Gasteiger partial charge is 0.394 e. The number of aliphatic hydroxyl groups excluding tert-OH is 1. The Bertz CT molecular complexity index is 895. The molecule has 0 aliphatic carbocycles. The summed E-state index contributed by atoms with van der Waals surface area (Å²) in [5, 5.41) is 12.4. The number of nitrogens with one attached hydrogen (secondary N) is 2. The average molecular weight is 420 g/mol. The third kappa shape index (κ3) is 6.04. The first-order valence-corrected chi connectivity index (χ1v) is 10.8. The van der Waals surface area contributed by atoms with Crippen LogP contribution in [0.5, 0.6) is 0 Å². The van der Waals surface area contributed by atoms with Gasteiger partial charge < -0.3 is 15.2 Å². The van der Waals surface area contributed by atoms with Gasteiger partial charge in [0.1, 0.15) is 6.33 Å². The molecule has 0 radical (unpaired) electrons. The third-order valence-electron chi connectivity index (χ3n) is 4.68. The van der Waals surface area contributed by atoms with E-state index in [1.807, 2.05) is 0 Å². The monoisotopic (exact) mass is 420 g/mol. The lowest BCUT2D eigenvalue weighted by Gasteiger charge is -2.35. The van der Waals surface area contributed by atoms with Crippen LogP contribution in [0.1, 0.15) is 25.0 Å². The minimum atomic E-state index is -3.72. The first kappa shape index (κ1) is 21.3. The second-order valence-electron chi connectivity index (χ2n) is 6.78. The van der Waals surface area contributed by atoms with Crippen LogP contribution in [-0.4, -0.2) is 54.3 Å². The van der Waals surface area contributed by atoms with Crippen molar-refractivity contribution in [1.82, 2.24) is 20.0 Å². The molecule has 1 aliphatic heterocycles. The van der Waals surface area contributed by atoms with Gasteiger partial charge in [-0.2, -0.15) is 0 Å². The molecule has 2 aromatic rings. The third-order valence-corrected chi connectivity index (χ3v) is 6.18. The molecule has 1 saturated heterocycles. The van der Waals surface area contributed by atoms with Gasteiger partial charge >= 0.3 is 0 Å². The number of nitrogens with zero attached hydrogens (tertiary/aromatic N) is 2. The first-order chi connectivity index (χ1) is 14.0. The van der Waals surface area contributed by atoms with E-state index in [9.17, 15) is 18.3 Å². The number of aliphatic hydroxyl groups is 1. The normalized spacial score (nSPS) is 22.2. The van der Waals surface area contributed by atoms with Gasteiger partial charge in [-0.15, -0.1) is 0 Å². The number of carbonyl (C=O) groups is 1. The highest BCUT2D eigenvalue weighted by atomic mass is 32.2. The van der Waals surface area contributed by atoms with Gasteiger partial charge in [0.15, 0.2) is 0 Å². The lowest BCUT2D eigenvalue weighted by Crippen LogP contribution is -2.51. The van der Waals surface area contributed by atoms with Crippen molar-refractivity contribution in [3.05, 3.63) is 54.6 Å². The summed E-state index contributed by atoms with van der Waals surface area (Å²) in [4.78, 5) is 20.2. The van der Waals surface area contributed by atoms with E-state index < -0.39 is 28.3 Å². The topological polar surface area (TPSA) is 131 Å². The van der Waals surface area contributed by atoms with Crippen molar-refractivity contribution in [3.63, 3.8) is 0 Å². The minimum Gasteiger partial charge on any atom is -0.394 e. The predicted molar refractivity (Wildman–Crippen MR) is 104 cm³/mol. The van der Waals surface area contributed by atoms with Gasteiger partial charge in [0, 0.05) is 6.20 Å². The molecule has 3 atom stereocenters. The number of aromatic nitrogens is 2. The minimum absolute atomic E-state index is 0.125. The van der Waals surface area contributed by atoms with E-state index in [1.165, 1.54) is 18.5 Å². The second-order valence-corrected chi connectivity index (χ2v) is 8.49. The quantitative estimate of drug-likeness (QED) is 0.562. The molecule has 2 heterocycles. The molecular formula is C19H24N4O5S. The molecule has 1 aromatic carbocycles. The molecule has 1 aromatic heterocycles. The zero-order valence-corrected chi connectivity index (χ0v) is 16.6. The van der Waals surface area contributed by atoms with Crippen LogP contribution in [0.15, 0.2) is 53.8 Å². The van der Waals surface area contributed by atoms with Crippen LogP contribution in [0.3, 0.4) is 0 Å². The van der Waals surface area contributed by atoms with Gasteiger partial charge in [-0.25, -0.2) is 23.1 Å². The summed E-state index contributed by atoms with van der Waals surface area (Å²) in [5.74, 6) is -0.200. The number of hydrogen-bond acceptors (Lipinski definition) is 7. The maximum absolute atomic E-state index is 12.5. The number of carbonyl (C=O) groups excluding carboxylic acids is 1. The summed E-state index contributed by atoms with van der Waals surface area (Å²) in [7, 11) is -3.72. The van der Waals surface area contributed by atoms with Gasteiger partial charge in [-0.3, -0.25) is 4.79 Å². The molecule has 0 unspecified atom stereocenters. The molecule has 1 fully saturated rings. The van der Waals surface area contributed by atoms with Crippen LogP contribution in [0.25, 0.3) is 0 Å². The Hall–Kier alpha value is -2.40. The standard InChI is InChI=1S/C19H24N4O5S/c24-12-18-17(23-29(26,27)16-4-2-1-3-5-16)7-6-15(28-18)10-19(25)21-11-14-8-9-20-13-22-14/h1-5,8-9,13,15,17-18,23-24H,6-7,10-12H2,(H,21,25)/t15-,17+,18-/m1/s1. The molecule has 9 nitrogen and oxygen atoms in total. The second kappa shape index (κ2) is 9.88. The van der Waals surface area contributed by atoms with Crippen molar-refractivity contribution in [3.8, 4) is 0 Å². The molecule has 1 aliphatic rings. The Morgan fingerprint density at radius 1 is 1.21 bits per heavy atom. The van der Waals surface area contributed by atoms with E-state index >= 15 is 0 Å². The molecule has 3 N–H and O–H groups in total. The van der Waals surface area contributed by atoms with Gasteiger partial charge in [0.25, 0.3) is 0 Å². The number of rotatable bonds is 8. The first-order valence-electron chi connectivity index (χ1n) is 9.33. The van der Waals surface area contributed by atoms with Crippen molar-refractivity contribution >= 4 is 15.9 Å². The van der Waals surface area contributed by atoms with Crippen LogP contribution in [0, 0.1) is 0 Å². The highest BCUT2D eigenvalue weighted by Crippen LogP contribution is 2.23. The van der Waals surface area contributed by atoms with Crippen molar-refractivity contribution in [2.75, 3.05) is 6.61 Å². The Balaban J connectivity index is 1.52. The molecule has 0 bridgehead atoms. The van der Waals surface area contributed by atoms with Crippen LogP contribution in [0.2, 0.25) is 0 Å². The molecular weight excluding hydrogens is 396 g/mol. The van der Waals surface area contributed by atoms with E-state index in [1.54, 1.807) is 30.5 Å². The summed E-state index contributed by atoms with van der Waals surface area (Å²) in [5.41, 5.74) is 0.696. The van der Waals surface area contributed by atoms with Crippen molar-refractivity contribution in [2.45, 2.75) is 49.0 Å². The van der Waals surface area contributed by atoms with Gasteiger partial charge in [0.05, 0.1) is 48.4 Å². The summed E-state index contributed by atoms with van der Waals surface area (Å²) < 4.78 is 33.4. The maximum atomic E-state index is 12.5. The van der Waals surface area contributed by atoms with Crippen LogP contribution in [-0.2, 0) is 26.1 Å². The van der Waals surface area contributed by atoms with Gasteiger partial charge in [-0.1, -0.05) is 18.2 Å². The smallest absolute Gasteiger partial charge is 0.240 e. The van der Waals surface area contributed by atoms with Crippen molar-refractivity contribution in [1.29, 1.82) is 0 Å². The molecule has 0 spiro atoms.